The van der Waals surface area contributed by atoms with E-state index in [0.29, 0.717) is 48.9 Å². The van der Waals surface area contributed by atoms with Gasteiger partial charge >= 0.3 is 0 Å². The molecule has 2 heterocycles. The summed E-state index contributed by atoms with van der Waals surface area (Å²) in [4.78, 5) is 27.0. The lowest BCUT2D eigenvalue weighted by atomic mass is 9.96. The molecule has 0 aromatic heterocycles. The number of carbonyl (C=O) groups is 2. The van der Waals surface area contributed by atoms with Gasteiger partial charge in [-0.25, -0.2) is 5.01 Å². The number of hydrogen-bond donors (Lipinski definition) is 1. The zero-order valence-corrected chi connectivity index (χ0v) is 20.1. The molecule has 0 unspecified atom stereocenters. The van der Waals surface area contributed by atoms with E-state index in [1.54, 1.807) is 25.3 Å². The van der Waals surface area contributed by atoms with Gasteiger partial charge in [0.2, 0.25) is 5.91 Å². The lowest BCUT2D eigenvalue weighted by Gasteiger charge is -2.31. The summed E-state index contributed by atoms with van der Waals surface area (Å²) in [7, 11) is 3.19. The summed E-state index contributed by atoms with van der Waals surface area (Å²) >= 11 is 6.45. The zero-order valence-electron chi connectivity index (χ0n) is 19.4. The highest BCUT2D eigenvalue weighted by molar-refractivity contribution is 6.34. The van der Waals surface area contributed by atoms with Gasteiger partial charge in [0.05, 0.1) is 32.5 Å². The monoisotopic (exact) mass is 484 g/mol. The minimum atomic E-state index is -0.345. The number of ether oxygens (including phenoxy) is 2. The molecule has 0 saturated carbocycles. The number of nitrogens with two attached hydrogens (primary N) is 1. The van der Waals surface area contributed by atoms with Gasteiger partial charge in [-0.3, -0.25) is 14.5 Å². The summed E-state index contributed by atoms with van der Waals surface area (Å²) in [6.45, 7) is 1.50. The summed E-state index contributed by atoms with van der Waals surface area (Å²) in [5.74, 6) is 0.772. The van der Waals surface area contributed by atoms with Crippen molar-refractivity contribution in [2.75, 3.05) is 33.9 Å². The molecule has 0 spiro atoms. The van der Waals surface area contributed by atoms with Crippen LogP contribution in [0.4, 0.5) is 0 Å². The highest BCUT2D eigenvalue weighted by atomic mass is 35.5. The first-order chi connectivity index (χ1) is 16.4. The van der Waals surface area contributed by atoms with Crippen molar-refractivity contribution in [3.8, 4) is 11.5 Å². The molecule has 8 nitrogen and oxygen atoms in total. The number of nitrogens with zero attached hydrogens (tertiary/aromatic N) is 3. The third-order valence-corrected chi connectivity index (χ3v) is 6.83. The Balaban J connectivity index is 1.61. The normalized spacial score (nSPS) is 19.1. The smallest absolute Gasteiger partial charge is 0.257 e. The molecule has 1 atom stereocenters. The number of piperidine rings is 1. The van der Waals surface area contributed by atoms with Crippen LogP contribution in [-0.4, -0.2) is 61.3 Å². The number of methoxy groups -OCH3 is 2. The Hall–Kier alpha value is -3.10. The van der Waals surface area contributed by atoms with Crippen molar-refractivity contribution in [1.29, 1.82) is 0 Å². The standard InChI is InChI=1S/C25H29ClN4O4/c1-33-17-7-8-19(23(13-17)34-2)22-14-21(18-5-3-4-6-20(18)26)28-30(22)24(31)15-29-11-9-16(10-12-29)25(27)32/h3-8,13,16,22H,9-12,14-15H2,1-2H3,(H2,27,32)/t22-/m0/s1. The molecule has 0 aliphatic carbocycles. The minimum Gasteiger partial charge on any atom is -0.497 e. The number of hydrogen-bond acceptors (Lipinski definition) is 6. The average Bonchev–Trinajstić information content (AvgIpc) is 3.29. The van der Waals surface area contributed by atoms with Gasteiger partial charge in [0.15, 0.2) is 0 Å². The van der Waals surface area contributed by atoms with Crippen LogP contribution >= 0.6 is 11.6 Å². The van der Waals surface area contributed by atoms with Crippen LogP contribution in [0.1, 0.15) is 36.4 Å². The van der Waals surface area contributed by atoms with Gasteiger partial charge in [-0.1, -0.05) is 29.8 Å². The van der Waals surface area contributed by atoms with Crippen LogP contribution in [0.2, 0.25) is 5.02 Å². The summed E-state index contributed by atoms with van der Waals surface area (Å²) in [6, 6.07) is 12.7. The quantitative estimate of drug-likeness (QED) is 0.650. The molecule has 4 rings (SSSR count). The number of halogens is 1. The summed E-state index contributed by atoms with van der Waals surface area (Å²) in [6.07, 6.45) is 1.82. The predicted molar refractivity (Wildman–Crippen MR) is 130 cm³/mol. The Bertz CT molecular complexity index is 1100. The molecular formula is C25H29ClN4O4. The van der Waals surface area contributed by atoms with Crippen molar-refractivity contribution in [1.82, 2.24) is 9.91 Å². The number of primary amides is 1. The number of rotatable bonds is 7. The second-order valence-electron chi connectivity index (χ2n) is 8.55. The highest BCUT2D eigenvalue weighted by Gasteiger charge is 2.36. The van der Waals surface area contributed by atoms with E-state index in [0.717, 1.165) is 16.8 Å². The fourth-order valence-corrected chi connectivity index (χ4v) is 4.82. The summed E-state index contributed by atoms with van der Waals surface area (Å²) < 4.78 is 11.0. The van der Waals surface area contributed by atoms with E-state index in [9.17, 15) is 9.59 Å². The number of carbonyl (C=O) groups excluding carboxylic acids is 2. The largest absolute Gasteiger partial charge is 0.497 e. The second kappa shape index (κ2) is 10.4. The third kappa shape index (κ3) is 5.03. The van der Waals surface area contributed by atoms with Crippen molar-refractivity contribution < 1.29 is 19.1 Å². The van der Waals surface area contributed by atoms with Gasteiger partial charge in [-0.05, 0) is 44.1 Å². The van der Waals surface area contributed by atoms with Crippen molar-refractivity contribution in [2.24, 2.45) is 16.8 Å². The van der Waals surface area contributed by atoms with Gasteiger partial charge < -0.3 is 15.2 Å². The Labute approximate surface area is 204 Å². The maximum absolute atomic E-state index is 13.5. The van der Waals surface area contributed by atoms with E-state index in [-0.39, 0.29) is 30.3 Å². The maximum atomic E-state index is 13.5. The molecule has 0 radical (unpaired) electrons. The number of benzene rings is 2. The Morgan fingerprint density at radius 2 is 1.85 bits per heavy atom. The number of amides is 2. The zero-order chi connectivity index (χ0) is 24.2. The van der Waals surface area contributed by atoms with Crippen molar-refractivity contribution >= 4 is 29.1 Å². The van der Waals surface area contributed by atoms with Crippen molar-refractivity contribution in [2.45, 2.75) is 25.3 Å². The Morgan fingerprint density at radius 3 is 2.50 bits per heavy atom. The Kier molecular flexibility index (Phi) is 7.38. The van der Waals surface area contributed by atoms with Gasteiger partial charge in [-0.15, -0.1) is 0 Å². The van der Waals surface area contributed by atoms with E-state index >= 15 is 0 Å². The summed E-state index contributed by atoms with van der Waals surface area (Å²) in [5.41, 5.74) is 7.84. The van der Waals surface area contributed by atoms with Crippen LogP contribution < -0.4 is 15.2 Å². The number of likely N-dealkylation sites (tertiary alicyclic amines) is 1. The molecule has 2 aromatic rings. The molecule has 2 aliphatic heterocycles. The van der Waals surface area contributed by atoms with Crippen molar-refractivity contribution in [3.63, 3.8) is 0 Å². The topological polar surface area (TPSA) is 97.5 Å². The molecule has 1 saturated heterocycles. The van der Waals surface area contributed by atoms with E-state index in [2.05, 4.69) is 0 Å². The summed E-state index contributed by atoms with van der Waals surface area (Å²) in [5, 5.41) is 6.86. The van der Waals surface area contributed by atoms with Crippen LogP contribution in [0.15, 0.2) is 47.6 Å². The third-order valence-electron chi connectivity index (χ3n) is 6.50. The van der Waals surface area contributed by atoms with Gasteiger partial charge in [0.25, 0.3) is 5.91 Å². The lowest BCUT2D eigenvalue weighted by molar-refractivity contribution is -0.134. The average molecular weight is 485 g/mol. The fourth-order valence-electron chi connectivity index (χ4n) is 4.57. The highest BCUT2D eigenvalue weighted by Crippen LogP contribution is 2.40. The molecule has 9 heteroatoms. The van der Waals surface area contributed by atoms with Crippen LogP contribution in [0.5, 0.6) is 11.5 Å². The van der Waals surface area contributed by atoms with E-state index in [4.69, 9.17) is 31.9 Å². The molecule has 2 aliphatic rings. The molecular weight excluding hydrogens is 456 g/mol. The van der Waals surface area contributed by atoms with Crippen LogP contribution in [0, 0.1) is 5.92 Å². The first-order valence-corrected chi connectivity index (χ1v) is 11.7. The van der Waals surface area contributed by atoms with Crippen LogP contribution in [0.25, 0.3) is 0 Å². The first-order valence-electron chi connectivity index (χ1n) is 11.3. The first kappa shape index (κ1) is 24.0. The fraction of sp³-hybridized carbons (Fsp3) is 0.400. The molecule has 2 amide bonds. The molecule has 2 N–H and O–H groups in total. The number of hydrazone groups is 1. The van der Waals surface area contributed by atoms with E-state index in [1.807, 2.05) is 41.3 Å². The molecule has 180 valence electrons. The SMILES string of the molecule is COc1ccc([C@@H]2CC(c3ccccc3Cl)=NN2C(=O)CN2CCC(C(N)=O)CC2)c(OC)c1. The lowest BCUT2D eigenvalue weighted by Crippen LogP contribution is -2.44. The van der Waals surface area contributed by atoms with E-state index in [1.165, 1.54) is 0 Å². The Morgan fingerprint density at radius 1 is 1.12 bits per heavy atom. The minimum absolute atomic E-state index is 0.123. The maximum Gasteiger partial charge on any atom is 0.257 e. The molecule has 2 aromatic carbocycles. The van der Waals surface area contributed by atoms with Gasteiger partial charge in [-0.2, -0.15) is 5.10 Å². The predicted octanol–water partition coefficient (Wildman–Crippen LogP) is 3.23. The van der Waals surface area contributed by atoms with Gasteiger partial charge in [0.1, 0.15) is 11.5 Å². The van der Waals surface area contributed by atoms with Gasteiger partial charge in [0, 0.05) is 34.6 Å². The van der Waals surface area contributed by atoms with E-state index < -0.39 is 0 Å². The second-order valence-corrected chi connectivity index (χ2v) is 8.95. The molecule has 1 fully saturated rings. The van der Waals surface area contributed by atoms with Crippen LogP contribution in [-0.2, 0) is 9.59 Å². The van der Waals surface area contributed by atoms with Crippen LogP contribution in [0.3, 0.4) is 0 Å². The molecule has 0 bridgehead atoms. The van der Waals surface area contributed by atoms with Crippen molar-refractivity contribution in [3.05, 3.63) is 58.6 Å². The molecule has 34 heavy (non-hydrogen) atoms.